The summed E-state index contributed by atoms with van der Waals surface area (Å²) in [6.07, 6.45) is 12.8. The Morgan fingerprint density at radius 3 is 2.60 bits per heavy atom. The van der Waals surface area contributed by atoms with Crippen LogP contribution in [0.2, 0.25) is 0 Å². The van der Waals surface area contributed by atoms with E-state index in [-0.39, 0.29) is 6.04 Å². The zero-order valence-electron chi connectivity index (χ0n) is 25.3. The van der Waals surface area contributed by atoms with Gasteiger partial charge in [0.05, 0.1) is 17.5 Å². The van der Waals surface area contributed by atoms with Crippen molar-refractivity contribution in [3.8, 4) is 11.1 Å². The summed E-state index contributed by atoms with van der Waals surface area (Å²) in [6.45, 7) is 5.30. The molecule has 1 aliphatic carbocycles. The third-order valence-corrected chi connectivity index (χ3v) is 10.5. The number of amides is 1. The maximum absolute atomic E-state index is 13.5. The number of nitrogens with zero attached hydrogens (tertiary/aromatic N) is 1. The summed E-state index contributed by atoms with van der Waals surface area (Å²) in [5, 5.41) is 11.9. The number of sulfone groups is 1. The molecule has 4 rings (SSSR count). The van der Waals surface area contributed by atoms with E-state index in [9.17, 15) is 23.1 Å². The fourth-order valence-corrected chi connectivity index (χ4v) is 7.17. The Balaban J connectivity index is 1.62. The third kappa shape index (κ3) is 8.59. The summed E-state index contributed by atoms with van der Waals surface area (Å²) < 4.78 is 31.5. The van der Waals surface area contributed by atoms with Crippen molar-refractivity contribution in [1.29, 1.82) is 0 Å². The number of carbonyl (C=O) groups is 2. The molecule has 4 unspecified atom stereocenters. The number of thioether (sulfide) groups is 1. The van der Waals surface area contributed by atoms with E-state index in [1.165, 1.54) is 18.0 Å². The van der Waals surface area contributed by atoms with Gasteiger partial charge in [-0.1, -0.05) is 54.6 Å². The molecule has 1 saturated heterocycles. The summed E-state index contributed by atoms with van der Waals surface area (Å²) in [5.41, 5.74) is 3.47. The normalized spacial score (nSPS) is 22.9. The fourth-order valence-electron chi connectivity index (χ4n) is 5.67. The Morgan fingerprint density at radius 2 is 1.95 bits per heavy atom. The van der Waals surface area contributed by atoms with E-state index in [1.807, 2.05) is 74.7 Å². The summed E-state index contributed by atoms with van der Waals surface area (Å²) in [6, 6.07) is 12.3. The quantitative estimate of drug-likeness (QED) is 0.324. The van der Waals surface area contributed by atoms with Crippen LogP contribution in [-0.4, -0.2) is 84.7 Å². The van der Waals surface area contributed by atoms with E-state index in [1.54, 1.807) is 6.07 Å². The van der Waals surface area contributed by atoms with Crippen LogP contribution >= 0.6 is 11.8 Å². The molecule has 0 bridgehead atoms. The molecule has 0 radical (unpaired) electrons. The molecule has 1 fully saturated rings. The number of benzene rings is 2. The molecule has 43 heavy (non-hydrogen) atoms. The van der Waals surface area contributed by atoms with Crippen LogP contribution in [0.5, 0.6) is 0 Å². The van der Waals surface area contributed by atoms with E-state index in [0.717, 1.165) is 23.1 Å². The number of ether oxygens (including phenoxy) is 1. The number of hydrogen-bond donors (Lipinski definition) is 2. The topological polar surface area (TPSA) is 113 Å². The highest BCUT2D eigenvalue weighted by Gasteiger charge is 2.38. The van der Waals surface area contributed by atoms with E-state index < -0.39 is 38.6 Å². The lowest BCUT2D eigenvalue weighted by Crippen LogP contribution is -2.41. The van der Waals surface area contributed by atoms with E-state index >= 15 is 0 Å². The van der Waals surface area contributed by atoms with Crippen molar-refractivity contribution >= 4 is 33.5 Å². The average molecular weight is 627 g/mol. The SMILES string of the molecule is CSCCC(NC(=O)c1ccc(CN2CC(S(C)(=O)=O)CC2COC2(C)C=CC=CC2)cc1-c1ccccc1C)C(=O)O. The molecular weight excluding hydrogens is 585 g/mol. The highest BCUT2D eigenvalue weighted by Crippen LogP contribution is 2.32. The van der Waals surface area contributed by atoms with Crippen molar-refractivity contribution in [3.63, 3.8) is 0 Å². The average Bonchev–Trinajstić information content (AvgIpc) is 3.38. The number of likely N-dealkylation sites (tertiary alicyclic amines) is 1. The lowest BCUT2D eigenvalue weighted by atomic mass is 9.93. The molecule has 0 saturated carbocycles. The third-order valence-electron chi connectivity index (χ3n) is 8.28. The Morgan fingerprint density at radius 1 is 1.19 bits per heavy atom. The largest absolute Gasteiger partial charge is 0.480 e. The smallest absolute Gasteiger partial charge is 0.326 e. The molecule has 4 atom stereocenters. The number of carboxylic acids is 1. The van der Waals surface area contributed by atoms with Gasteiger partial charge in [-0.2, -0.15) is 11.8 Å². The van der Waals surface area contributed by atoms with Crippen molar-refractivity contribution < 1.29 is 27.9 Å². The van der Waals surface area contributed by atoms with Gasteiger partial charge in [-0.3, -0.25) is 9.69 Å². The summed E-state index contributed by atoms with van der Waals surface area (Å²) in [7, 11) is -3.24. The molecule has 0 aromatic heterocycles. The molecule has 2 N–H and O–H groups in total. The first kappa shape index (κ1) is 33.0. The van der Waals surface area contributed by atoms with E-state index in [4.69, 9.17) is 4.74 Å². The van der Waals surface area contributed by atoms with Crippen LogP contribution in [0.4, 0.5) is 0 Å². The minimum atomic E-state index is -3.24. The Labute approximate surface area is 259 Å². The first-order chi connectivity index (χ1) is 20.4. The van der Waals surface area contributed by atoms with Crippen LogP contribution in [0.15, 0.2) is 66.8 Å². The molecule has 1 heterocycles. The maximum Gasteiger partial charge on any atom is 0.326 e. The summed E-state index contributed by atoms with van der Waals surface area (Å²) >= 11 is 1.53. The molecule has 2 aromatic carbocycles. The summed E-state index contributed by atoms with van der Waals surface area (Å²) in [5.74, 6) is -0.888. The van der Waals surface area contributed by atoms with E-state index in [0.29, 0.717) is 49.4 Å². The van der Waals surface area contributed by atoms with Gasteiger partial charge in [-0.25, -0.2) is 13.2 Å². The zero-order chi connectivity index (χ0) is 31.2. The van der Waals surface area contributed by atoms with Crippen molar-refractivity contribution in [2.24, 2.45) is 0 Å². The fraction of sp³-hybridized carbons (Fsp3) is 0.455. The van der Waals surface area contributed by atoms with Gasteiger partial charge >= 0.3 is 5.97 Å². The van der Waals surface area contributed by atoms with Crippen molar-refractivity contribution in [2.75, 3.05) is 31.4 Å². The number of aryl methyl sites for hydroxylation is 1. The van der Waals surface area contributed by atoms with Crippen LogP contribution in [0.25, 0.3) is 11.1 Å². The number of rotatable bonds is 13. The Hall–Kier alpha value is -2.92. The highest BCUT2D eigenvalue weighted by atomic mass is 32.2. The molecule has 10 heteroatoms. The lowest BCUT2D eigenvalue weighted by Gasteiger charge is -2.31. The zero-order valence-corrected chi connectivity index (χ0v) is 26.9. The van der Waals surface area contributed by atoms with Gasteiger partial charge in [-0.15, -0.1) is 0 Å². The minimum absolute atomic E-state index is 0.0893. The predicted octanol–water partition coefficient (Wildman–Crippen LogP) is 4.88. The van der Waals surface area contributed by atoms with E-state index in [2.05, 4.69) is 16.3 Å². The lowest BCUT2D eigenvalue weighted by molar-refractivity contribution is -0.139. The monoisotopic (exact) mass is 626 g/mol. The first-order valence-electron chi connectivity index (χ1n) is 14.5. The summed E-state index contributed by atoms with van der Waals surface area (Å²) in [4.78, 5) is 27.5. The molecule has 0 spiro atoms. The van der Waals surface area contributed by atoms with Gasteiger partial charge in [-0.05, 0) is 79.5 Å². The second-order valence-corrected chi connectivity index (χ2v) is 15.0. The first-order valence-corrected chi connectivity index (χ1v) is 17.9. The minimum Gasteiger partial charge on any atom is -0.480 e. The molecule has 232 valence electrons. The van der Waals surface area contributed by atoms with Crippen molar-refractivity contribution in [1.82, 2.24) is 10.2 Å². The van der Waals surface area contributed by atoms with Gasteiger partial charge in [0.1, 0.15) is 6.04 Å². The van der Waals surface area contributed by atoms with Crippen LogP contribution in [0.3, 0.4) is 0 Å². The van der Waals surface area contributed by atoms with Crippen molar-refractivity contribution in [3.05, 3.63) is 83.5 Å². The predicted molar refractivity (Wildman–Crippen MR) is 173 cm³/mol. The maximum atomic E-state index is 13.5. The molecule has 8 nitrogen and oxygen atoms in total. The number of allylic oxidation sites excluding steroid dienone is 2. The standard InChI is InChI=1S/C33H42N2O6S2/c1-23-10-6-7-11-27(23)29-18-24(12-13-28(29)31(36)34-30(32(37)38)14-17-42-3)20-35-21-26(43(4,39)40)19-25(35)22-41-33(2)15-8-5-9-16-33/h5-13,15,18,25-26,30H,14,16-17,19-22H2,1-4H3,(H,34,36)(H,37,38). The van der Waals surface area contributed by atoms with Crippen LogP contribution in [-0.2, 0) is 25.9 Å². The number of nitrogens with one attached hydrogen (secondary N) is 1. The van der Waals surface area contributed by atoms with Gasteiger partial charge in [0, 0.05) is 31.0 Å². The van der Waals surface area contributed by atoms with Crippen LogP contribution in [0, 0.1) is 6.92 Å². The van der Waals surface area contributed by atoms with Gasteiger partial charge < -0.3 is 15.2 Å². The number of hydrogen-bond acceptors (Lipinski definition) is 7. The molecule has 1 amide bonds. The van der Waals surface area contributed by atoms with Crippen LogP contribution in [0.1, 0.15) is 47.7 Å². The van der Waals surface area contributed by atoms with Gasteiger partial charge in [0.25, 0.3) is 5.91 Å². The Bertz CT molecular complexity index is 1490. The molecule has 2 aromatic rings. The van der Waals surface area contributed by atoms with Gasteiger partial charge in [0.2, 0.25) is 0 Å². The number of carboxylic acid groups (broad SMARTS) is 1. The van der Waals surface area contributed by atoms with Crippen molar-refractivity contribution in [2.45, 2.75) is 62.6 Å². The molecular formula is C33H42N2O6S2. The second-order valence-electron chi connectivity index (χ2n) is 11.7. The molecule has 1 aliphatic heterocycles. The second kappa shape index (κ2) is 14.2. The Kier molecular flexibility index (Phi) is 10.9. The molecule has 2 aliphatic rings. The number of carbonyl (C=O) groups excluding carboxylic acids is 1. The van der Waals surface area contributed by atoms with Crippen LogP contribution < -0.4 is 5.32 Å². The van der Waals surface area contributed by atoms with Gasteiger partial charge in [0.15, 0.2) is 9.84 Å². The number of aliphatic carboxylic acids is 1. The highest BCUT2D eigenvalue weighted by molar-refractivity contribution is 7.98.